The van der Waals surface area contributed by atoms with Crippen LogP contribution in [0.1, 0.15) is 42.6 Å². The molecule has 8 nitrogen and oxygen atoms in total. The number of benzene rings is 2. The molecule has 2 atom stereocenters. The van der Waals surface area contributed by atoms with E-state index in [1.807, 2.05) is 11.8 Å². The van der Waals surface area contributed by atoms with Gasteiger partial charge in [-0.1, -0.05) is 17.7 Å². The highest BCUT2D eigenvalue weighted by atomic mass is 35.5. The number of anilines is 2. The molecular formula is C29H33ClF5N5O3. The van der Waals surface area contributed by atoms with E-state index in [1.54, 1.807) is 15.9 Å². The average Bonchev–Trinajstić information content (AvgIpc) is 3.44. The highest BCUT2D eigenvalue weighted by Gasteiger charge is 2.32. The number of amides is 3. The zero-order valence-corrected chi connectivity index (χ0v) is 24.5. The van der Waals surface area contributed by atoms with Gasteiger partial charge >= 0.3 is 6.18 Å². The summed E-state index contributed by atoms with van der Waals surface area (Å²) in [5.41, 5.74) is 0.0798. The van der Waals surface area contributed by atoms with Gasteiger partial charge < -0.3 is 20.4 Å². The number of nitrogens with one attached hydrogen (secondary N) is 2. The Morgan fingerprint density at radius 3 is 2.42 bits per heavy atom. The predicted octanol–water partition coefficient (Wildman–Crippen LogP) is 4.82. The third-order valence-electron chi connectivity index (χ3n) is 7.80. The number of carbonyl (C=O) groups excluding carboxylic acids is 3. The smallest absolute Gasteiger partial charge is 0.365 e. The van der Waals surface area contributed by atoms with Gasteiger partial charge in [0.1, 0.15) is 0 Å². The van der Waals surface area contributed by atoms with E-state index < -0.39 is 41.6 Å². The Hall–Kier alpha value is -3.45. The molecule has 14 heteroatoms. The minimum atomic E-state index is -4.25. The van der Waals surface area contributed by atoms with Crippen LogP contribution in [0.25, 0.3) is 0 Å². The molecule has 0 radical (unpaired) electrons. The van der Waals surface area contributed by atoms with Crippen LogP contribution < -0.4 is 15.5 Å². The number of likely N-dealkylation sites (tertiary alicyclic amines) is 1. The summed E-state index contributed by atoms with van der Waals surface area (Å²) in [6, 6.07) is 6.76. The molecule has 2 aliphatic rings. The van der Waals surface area contributed by atoms with Crippen molar-refractivity contribution in [3.63, 3.8) is 0 Å². The van der Waals surface area contributed by atoms with Crippen LogP contribution in [0, 0.1) is 17.6 Å². The molecule has 0 aliphatic carbocycles. The third-order valence-corrected chi connectivity index (χ3v) is 8.04. The molecule has 2 fully saturated rings. The van der Waals surface area contributed by atoms with Gasteiger partial charge in [0.05, 0.1) is 29.3 Å². The van der Waals surface area contributed by atoms with Gasteiger partial charge in [0.25, 0.3) is 5.91 Å². The van der Waals surface area contributed by atoms with Gasteiger partial charge in [-0.25, -0.2) is 8.78 Å². The number of hydrogen-bond acceptors (Lipinski definition) is 5. The Bertz CT molecular complexity index is 1370. The van der Waals surface area contributed by atoms with E-state index >= 15 is 4.39 Å². The van der Waals surface area contributed by atoms with E-state index in [0.717, 1.165) is 6.07 Å². The van der Waals surface area contributed by atoms with Crippen molar-refractivity contribution in [1.82, 2.24) is 15.1 Å². The molecule has 2 heterocycles. The van der Waals surface area contributed by atoms with E-state index in [-0.39, 0.29) is 48.7 Å². The van der Waals surface area contributed by atoms with Crippen LogP contribution in [-0.2, 0) is 16.1 Å². The Morgan fingerprint density at radius 2 is 1.77 bits per heavy atom. The number of hydrogen-bond donors (Lipinski definition) is 2. The highest BCUT2D eigenvalue weighted by molar-refractivity contribution is 6.31. The maximum Gasteiger partial charge on any atom is 0.390 e. The van der Waals surface area contributed by atoms with Crippen molar-refractivity contribution in [3.8, 4) is 0 Å². The van der Waals surface area contributed by atoms with Gasteiger partial charge in [-0.05, 0) is 37.6 Å². The van der Waals surface area contributed by atoms with Gasteiger partial charge in [0.2, 0.25) is 11.8 Å². The summed E-state index contributed by atoms with van der Waals surface area (Å²) in [6.45, 7) is 4.61. The van der Waals surface area contributed by atoms with Crippen LogP contribution in [0.2, 0.25) is 5.02 Å². The molecular weight excluding hydrogens is 597 g/mol. The van der Waals surface area contributed by atoms with Gasteiger partial charge in [-0.2, -0.15) is 13.2 Å². The first kappa shape index (κ1) is 32.5. The fraction of sp³-hybridized carbons (Fsp3) is 0.483. The van der Waals surface area contributed by atoms with Gasteiger partial charge in [0, 0.05) is 69.4 Å². The fourth-order valence-corrected chi connectivity index (χ4v) is 5.57. The van der Waals surface area contributed by atoms with Crippen molar-refractivity contribution < 1.29 is 36.3 Å². The minimum Gasteiger partial charge on any atom is -0.365 e. The Morgan fingerprint density at radius 1 is 1.02 bits per heavy atom. The monoisotopic (exact) mass is 629 g/mol. The third kappa shape index (κ3) is 8.14. The molecule has 0 bridgehead atoms. The van der Waals surface area contributed by atoms with Gasteiger partial charge in [0.15, 0.2) is 11.6 Å². The van der Waals surface area contributed by atoms with Crippen molar-refractivity contribution in [2.45, 2.75) is 45.5 Å². The van der Waals surface area contributed by atoms with Crippen molar-refractivity contribution >= 4 is 40.7 Å². The quantitative estimate of drug-likeness (QED) is 0.409. The lowest BCUT2D eigenvalue weighted by Gasteiger charge is -2.42. The summed E-state index contributed by atoms with van der Waals surface area (Å²) in [6.07, 6.45) is -4.69. The molecule has 0 aromatic heterocycles. The molecule has 2 aliphatic heterocycles. The molecule has 234 valence electrons. The molecule has 2 aromatic rings. The second kappa shape index (κ2) is 13.5. The second-order valence-electron chi connectivity index (χ2n) is 10.9. The fourth-order valence-electron chi connectivity index (χ4n) is 5.40. The molecule has 2 N–H and O–H groups in total. The van der Waals surface area contributed by atoms with Crippen molar-refractivity contribution in [1.29, 1.82) is 0 Å². The molecule has 43 heavy (non-hydrogen) atoms. The summed E-state index contributed by atoms with van der Waals surface area (Å²) < 4.78 is 68.0. The zero-order chi connectivity index (χ0) is 31.5. The molecule has 0 unspecified atom stereocenters. The number of halogens is 6. The predicted molar refractivity (Wildman–Crippen MR) is 152 cm³/mol. The number of carbonyl (C=O) groups is 3. The van der Waals surface area contributed by atoms with E-state index in [0.29, 0.717) is 43.3 Å². The second-order valence-corrected chi connectivity index (χ2v) is 11.3. The van der Waals surface area contributed by atoms with E-state index in [9.17, 15) is 31.9 Å². The minimum absolute atomic E-state index is 0.121. The first-order chi connectivity index (χ1) is 20.2. The maximum absolute atomic E-state index is 15.1. The lowest BCUT2D eigenvalue weighted by Crippen LogP contribution is -2.52. The molecule has 4 rings (SSSR count). The summed E-state index contributed by atoms with van der Waals surface area (Å²) in [5.74, 6) is -4.53. The summed E-state index contributed by atoms with van der Waals surface area (Å²) >= 11 is 6.21. The standard InChI is InChI=1S/C29H33ClF5N5O3/c1-17-15-38(10-8-29(33,34)35)11-12-40(17)24-13-21(30)4-6-23(24)37-28(43)22-5-3-19(25(31)26(22)32)14-36-27(42)20-7-9-39(16-20)18(2)41/h3-6,13,17,20H,7-12,14-16H2,1-2H3,(H,36,42)(H,37,43)/t17-,20+/m1/s1. The van der Waals surface area contributed by atoms with Crippen molar-refractivity contribution in [2.24, 2.45) is 5.92 Å². The zero-order valence-electron chi connectivity index (χ0n) is 23.7. The highest BCUT2D eigenvalue weighted by Crippen LogP contribution is 2.33. The molecule has 3 amide bonds. The van der Waals surface area contributed by atoms with Gasteiger partial charge in [-0.15, -0.1) is 0 Å². The number of nitrogens with zero attached hydrogens (tertiary/aromatic N) is 3. The van der Waals surface area contributed by atoms with E-state index in [2.05, 4.69) is 10.6 Å². The van der Waals surface area contributed by atoms with Crippen LogP contribution in [0.15, 0.2) is 30.3 Å². The van der Waals surface area contributed by atoms with Crippen LogP contribution in [0.5, 0.6) is 0 Å². The average molecular weight is 630 g/mol. The Kier molecular flexibility index (Phi) is 10.2. The van der Waals surface area contributed by atoms with Crippen LogP contribution in [0.4, 0.5) is 33.3 Å². The first-order valence-corrected chi connectivity index (χ1v) is 14.3. The molecule has 2 saturated heterocycles. The van der Waals surface area contributed by atoms with Gasteiger partial charge in [-0.3, -0.25) is 19.3 Å². The topological polar surface area (TPSA) is 85.0 Å². The van der Waals surface area contributed by atoms with Crippen molar-refractivity contribution in [2.75, 3.05) is 49.5 Å². The molecule has 0 spiro atoms. The van der Waals surface area contributed by atoms with Crippen LogP contribution in [-0.4, -0.2) is 79.0 Å². The van der Waals surface area contributed by atoms with E-state index in [4.69, 9.17) is 11.6 Å². The normalized spacial score (nSPS) is 19.4. The SMILES string of the molecule is CC(=O)N1CC[C@H](C(=O)NCc2ccc(C(=O)Nc3ccc(Cl)cc3N3CCN(CCC(F)(F)F)C[C@H]3C)c(F)c2F)C1. The summed E-state index contributed by atoms with van der Waals surface area (Å²) in [7, 11) is 0. The summed E-state index contributed by atoms with van der Waals surface area (Å²) in [5, 5.41) is 5.53. The summed E-state index contributed by atoms with van der Waals surface area (Å²) in [4.78, 5) is 42.2. The largest absolute Gasteiger partial charge is 0.390 e. The van der Waals surface area contributed by atoms with Crippen molar-refractivity contribution in [3.05, 3.63) is 58.1 Å². The Balaban J connectivity index is 1.42. The lowest BCUT2D eigenvalue weighted by molar-refractivity contribution is -0.138. The Labute approximate surface area is 251 Å². The number of alkyl halides is 3. The lowest BCUT2D eigenvalue weighted by atomic mass is 10.1. The maximum atomic E-state index is 15.1. The molecule has 0 saturated carbocycles. The number of rotatable bonds is 8. The van der Waals surface area contributed by atoms with Crippen LogP contribution >= 0.6 is 11.6 Å². The van der Waals surface area contributed by atoms with Crippen LogP contribution in [0.3, 0.4) is 0 Å². The first-order valence-electron chi connectivity index (χ1n) is 13.9. The van der Waals surface area contributed by atoms with E-state index in [1.165, 1.54) is 25.1 Å². The molecule has 2 aromatic carbocycles. The number of piperazine rings is 1.